The second-order valence-electron chi connectivity index (χ2n) is 5.67. The number of hydrogen-bond donors (Lipinski definition) is 1. The van der Waals surface area contributed by atoms with Gasteiger partial charge in [-0.3, -0.25) is 0 Å². The van der Waals surface area contributed by atoms with E-state index in [-0.39, 0.29) is 0 Å². The number of nitrogens with two attached hydrogens (primary N) is 1. The van der Waals surface area contributed by atoms with E-state index in [4.69, 9.17) is 15.2 Å². The maximum Gasteiger partial charge on any atom is 0.119 e. The Labute approximate surface area is 139 Å². The molecule has 124 valence electrons. The van der Waals surface area contributed by atoms with Crippen molar-refractivity contribution >= 4 is 0 Å². The highest BCUT2D eigenvalue weighted by Gasteiger charge is 1.98. The summed E-state index contributed by atoms with van der Waals surface area (Å²) in [6.07, 6.45) is 4.62. The van der Waals surface area contributed by atoms with Crippen LogP contribution in [0, 0.1) is 0 Å². The largest absolute Gasteiger partial charge is 0.489 e. The summed E-state index contributed by atoms with van der Waals surface area (Å²) < 4.78 is 11.5. The van der Waals surface area contributed by atoms with Gasteiger partial charge in [0.1, 0.15) is 12.4 Å². The minimum Gasteiger partial charge on any atom is -0.489 e. The fraction of sp³-hybridized carbons (Fsp3) is 0.400. The van der Waals surface area contributed by atoms with Gasteiger partial charge in [0, 0.05) is 6.61 Å². The topological polar surface area (TPSA) is 44.5 Å². The molecule has 0 unspecified atom stereocenters. The fourth-order valence-electron chi connectivity index (χ4n) is 2.31. The SMILES string of the molecule is NCCCCCCOCc1ccc(OCc2ccccc2)cc1. The summed E-state index contributed by atoms with van der Waals surface area (Å²) in [4.78, 5) is 0. The van der Waals surface area contributed by atoms with E-state index in [1.165, 1.54) is 24.0 Å². The molecule has 0 saturated heterocycles. The van der Waals surface area contributed by atoms with Crippen molar-refractivity contribution in [2.24, 2.45) is 5.73 Å². The van der Waals surface area contributed by atoms with E-state index >= 15 is 0 Å². The molecule has 0 aliphatic carbocycles. The minimum atomic E-state index is 0.597. The van der Waals surface area contributed by atoms with Crippen LogP contribution in [0.5, 0.6) is 5.75 Å². The zero-order valence-electron chi connectivity index (χ0n) is 13.7. The fourth-order valence-corrected chi connectivity index (χ4v) is 2.31. The summed E-state index contributed by atoms with van der Waals surface area (Å²) in [7, 11) is 0. The van der Waals surface area contributed by atoms with Crippen LogP contribution in [0.3, 0.4) is 0 Å². The zero-order chi connectivity index (χ0) is 16.2. The Morgan fingerprint density at radius 2 is 1.39 bits per heavy atom. The quantitative estimate of drug-likeness (QED) is 0.629. The maximum atomic E-state index is 5.78. The molecule has 0 heterocycles. The van der Waals surface area contributed by atoms with Gasteiger partial charge in [-0.1, -0.05) is 55.3 Å². The van der Waals surface area contributed by atoms with Crippen molar-refractivity contribution in [3.05, 3.63) is 65.7 Å². The highest BCUT2D eigenvalue weighted by Crippen LogP contribution is 2.15. The number of rotatable bonds is 11. The number of unbranched alkanes of at least 4 members (excludes halogenated alkanes) is 3. The van der Waals surface area contributed by atoms with E-state index in [1.807, 2.05) is 30.3 Å². The third-order valence-corrected chi connectivity index (χ3v) is 3.68. The van der Waals surface area contributed by atoms with Crippen LogP contribution in [0.2, 0.25) is 0 Å². The van der Waals surface area contributed by atoms with Crippen molar-refractivity contribution < 1.29 is 9.47 Å². The van der Waals surface area contributed by atoms with Crippen LogP contribution in [0.1, 0.15) is 36.8 Å². The van der Waals surface area contributed by atoms with Gasteiger partial charge in [-0.15, -0.1) is 0 Å². The van der Waals surface area contributed by atoms with Crippen LogP contribution in [-0.2, 0) is 18.0 Å². The molecule has 2 aromatic rings. The Bertz CT molecular complexity index is 525. The molecule has 0 atom stereocenters. The number of ether oxygens (including phenoxy) is 2. The van der Waals surface area contributed by atoms with Crippen molar-refractivity contribution in [1.82, 2.24) is 0 Å². The lowest BCUT2D eigenvalue weighted by atomic mass is 10.2. The first kappa shape index (κ1) is 17.5. The average molecular weight is 313 g/mol. The first-order valence-corrected chi connectivity index (χ1v) is 8.42. The highest BCUT2D eigenvalue weighted by atomic mass is 16.5. The Hall–Kier alpha value is -1.84. The van der Waals surface area contributed by atoms with Gasteiger partial charge in [-0.25, -0.2) is 0 Å². The van der Waals surface area contributed by atoms with E-state index in [9.17, 15) is 0 Å². The van der Waals surface area contributed by atoms with Crippen molar-refractivity contribution in [2.75, 3.05) is 13.2 Å². The summed E-state index contributed by atoms with van der Waals surface area (Å²) in [5.41, 5.74) is 7.83. The van der Waals surface area contributed by atoms with Crippen LogP contribution in [0.15, 0.2) is 54.6 Å². The molecule has 3 nitrogen and oxygen atoms in total. The van der Waals surface area contributed by atoms with Crippen molar-refractivity contribution in [3.8, 4) is 5.75 Å². The summed E-state index contributed by atoms with van der Waals surface area (Å²) in [5, 5.41) is 0. The van der Waals surface area contributed by atoms with Crippen LogP contribution in [0.4, 0.5) is 0 Å². The van der Waals surface area contributed by atoms with Gasteiger partial charge < -0.3 is 15.2 Å². The van der Waals surface area contributed by atoms with E-state index < -0.39 is 0 Å². The van der Waals surface area contributed by atoms with Crippen LogP contribution in [-0.4, -0.2) is 13.2 Å². The van der Waals surface area contributed by atoms with Gasteiger partial charge in [0.2, 0.25) is 0 Å². The van der Waals surface area contributed by atoms with Crippen molar-refractivity contribution in [1.29, 1.82) is 0 Å². The third kappa shape index (κ3) is 7.31. The molecule has 0 aliphatic rings. The second-order valence-corrected chi connectivity index (χ2v) is 5.67. The van der Waals surface area contributed by atoms with Gasteiger partial charge in [0.15, 0.2) is 0 Å². The molecule has 2 N–H and O–H groups in total. The monoisotopic (exact) mass is 313 g/mol. The predicted octanol–water partition coefficient (Wildman–Crippen LogP) is 4.30. The van der Waals surface area contributed by atoms with Gasteiger partial charge in [-0.05, 0) is 42.6 Å². The molecule has 0 spiro atoms. The van der Waals surface area contributed by atoms with Gasteiger partial charge in [-0.2, -0.15) is 0 Å². The number of benzene rings is 2. The number of hydrogen-bond acceptors (Lipinski definition) is 3. The van der Waals surface area contributed by atoms with Crippen LogP contribution >= 0.6 is 0 Å². The van der Waals surface area contributed by atoms with E-state index in [1.54, 1.807) is 0 Å². The van der Waals surface area contributed by atoms with Crippen LogP contribution < -0.4 is 10.5 Å². The molecule has 3 heteroatoms. The summed E-state index contributed by atoms with van der Waals surface area (Å²) in [6, 6.07) is 18.3. The second kappa shape index (κ2) is 10.8. The first-order valence-electron chi connectivity index (χ1n) is 8.42. The van der Waals surface area contributed by atoms with Gasteiger partial charge >= 0.3 is 0 Å². The Morgan fingerprint density at radius 3 is 2.13 bits per heavy atom. The highest BCUT2D eigenvalue weighted by molar-refractivity contribution is 5.27. The molecule has 0 fully saturated rings. The van der Waals surface area contributed by atoms with Gasteiger partial charge in [0.05, 0.1) is 6.61 Å². The molecule has 0 radical (unpaired) electrons. The van der Waals surface area contributed by atoms with E-state index in [0.717, 1.165) is 31.7 Å². The van der Waals surface area contributed by atoms with Gasteiger partial charge in [0.25, 0.3) is 0 Å². The molecule has 2 aromatic carbocycles. The summed E-state index contributed by atoms with van der Waals surface area (Å²) in [6.45, 7) is 2.87. The molecule has 23 heavy (non-hydrogen) atoms. The molecule has 2 rings (SSSR count). The Morgan fingerprint density at radius 1 is 0.696 bits per heavy atom. The van der Waals surface area contributed by atoms with E-state index in [0.29, 0.717) is 13.2 Å². The predicted molar refractivity (Wildman–Crippen MR) is 94.4 cm³/mol. The Kier molecular flexibility index (Phi) is 8.23. The minimum absolute atomic E-state index is 0.597. The van der Waals surface area contributed by atoms with Crippen LogP contribution in [0.25, 0.3) is 0 Å². The molecule has 0 amide bonds. The van der Waals surface area contributed by atoms with E-state index in [2.05, 4.69) is 24.3 Å². The molecular weight excluding hydrogens is 286 g/mol. The molecule has 0 aliphatic heterocycles. The first-order chi connectivity index (χ1) is 11.4. The summed E-state index contributed by atoms with van der Waals surface area (Å²) >= 11 is 0. The normalized spacial score (nSPS) is 10.7. The molecular formula is C20H27NO2. The maximum absolute atomic E-state index is 5.78. The lowest BCUT2D eigenvalue weighted by molar-refractivity contribution is 0.116. The standard InChI is InChI=1S/C20H27NO2/c21-14-6-1-2-7-15-22-16-19-10-12-20(13-11-19)23-17-18-8-4-3-5-9-18/h3-5,8-13H,1-2,6-7,14-17,21H2. The smallest absolute Gasteiger partial charge is 0.119 e. The molecule has 0 saturated carbocycles. The Balaban J connectivity index is 1.62. The molecule has 0 aromatic heterocycles. The summed E-state index contributed by atoms with van der Waals surface area (Å²) in [5.74, 6) is 0.888. The van der Waals surface area contributed by atoms with Crippen molar-refractivity contribution in [2.45, 2.75) is 38.9 Å². The molecule has 0 bridgehead atoms. The zero-order valence-corrected chi connectivity index (χ0v) is 13.7. The lowest BCUT2D eigenvalue weighted by Gasteiger charge is -2.08. The van der Waals surface area contributed by atoms with Crippen molar-refractivity contribution in [3.63, 3.8) is 0 Å². The lowest BCUT2D eigenvalue weighted by Crippen LogP contribution is -1.99. The average Bonchev–Trinajstić information content (AvgIpc) is 2.61. The third-order valence-electron chi connectivity index (χ3n) is 3.68.